The van der Waals surface area contributed by atoms with E-state index in [1.807, 2.05) is 23.2 Å². The molecule has 4 rings (SSSR count). The van der Waals surface area contributed by atoms with Gasteiger partial charge in [-0.2, -0.15) is 0 Å². The van der Waals surface area contributed by atoms with Gasteiger partial charge in [0.1, 0.15) is 17.3 Å². The van der Waals surface area contributed by atoms with Crippen LogP contribution in [0.2, 0.25) is 0 Å². The number of fused-ring (bicyclic) bond motifs is 2. The van der Waals surface area contributed by atoms with Crippen molar-refractivity contribution in [2.75, 3.05) is 25.7 Å². The molecule has 0 fully saturated rings. The van der Waals surface area contributed by atoms with Crippen LogP contribution in [0.4, 0.5) is 5.69 Å². The number of methoxy groups -OCH3 is 2. The minimum atomic E-state index is 0.0803. The molecule has 2 aliphatic heterocycles. The number of benzene rings is 1. The maximum absolute atomic E-state index is 13.0. The Balaban J connectivity index is 1.60. The van der Waals surface area contributed by atoms with Crippen molar-refractivity contribution in [1.29, 1.82) is 0 Å². The summed E-state index contributed by atoms with van der Waals surface area (Å²) in [5.41, 5.74) is 2.85. The number of hydrogen-bond donors (Lipinski definition) is 0. The molecule has 0 spiro atoms. The quantitative estimate of drug-likeness (QED) is 0.846. The number of rotatable bonds is 4. The standard InChI is InChI=1S/C20H25N3O3/c1-25-15-11-17-16(18(12-15)26-2)6-5-9-23(17)20(24)10-14-13-22-8-4-3-7-19(22)21-14/h11-13H,3-10H2,1-2H3. The summed E-state index contributed by atoms with van der Waals surface area (Å²) in [6.07, 6.45) is 7.60. The van der Waals surface area contributed by atoms with Crippen molar-refractivity contribution >= 4 is 11.6 Å². The van der Waals surface area contributed by atoms with E-state index in [2.05, 4.69) is 9.55 Å². The molecule has 0 aliphatic carbocycles. The minimum Gasteiger partial charge on any atom is -0.497 e. The highest BCUT2D eigenvalue weighted by Gasteiger charge is 2.27. The summed E-state index contributed by atoms with van der Waals surface area (Å²) in [6.45, 7) is 1.73. The van der Waals surface area contributed by atoms with Crippen molar-refractivity contribution in [1.82, 2.24) is 9.55 Å². The zero-order valence-electron chi connectivity index (χ0n) is 15.5. The summed E-state index contributed by atoms with van der Waals surface area (Å²) >= 11 is 0. The maximum Gasteiger partial charge on any atom is 0.233 e. The Hall–Kier alpha value is -2.50. The lowest BCUT2D eigenvalue weighted by atomic mass is 9.99. The van der Waals surface area contributed by atoms with Crippen molar-refractivity contribution in [2.24, 2.45) is 0 Å². The predicted molar refractivity (Wildman–Crippen MR) is 99.1 cm³/mol. The molecule has 0 saturated heterocycles. The van der Waals surface area contributed by atoms with Gasteiger partial charge in [-0.25, -0.2) is 4.98 Å². The van der Waals surface area contributed by atoms with E-state index in [4.69, 9.17) is 9.47 Å². The normalized spacial score (nSPS) is 16.0. The molecule has 0 radical (unpaired) electrons. The first-order valence-electron chi connectivity index (χ1n) is 9.30. The van der Waals surface area contributed by atoms with E-state index in [0.29, 0.717) is 12.2 Å². The lowest BCUT2D eigenvalue weighted by Gasteiger charge is -2.31. The molecule has 26 heavy (non-hydrogen) atoms. The molecule has 6 nitrogen and oxygen atoms in total. The van der Waals surface area contributed by atoms with Crippen molar-refractivity contribution in [3.8, 4) is 11.5 Å². The smallest absolute Gasteiger partial charge is 0.233 e. The molecule has 138 valence electrons. The molecule has 0 atom stereocenters. The van der Waals surface area contributed by atoms with Crippen molar-refractivity contribution < 1.29 is 14.3 Å². The van der Waals surface area contributed by atoms with Crippen LogP contribution >= 0.6 is 0 Å². The van der Waals surface area contributed by atoms with E-state index < -0.39 is 0 Å². The van der Waals surface area contributed by atoms with Gasteiger partial charge in [0, 0.05) is 43.4 Å². The number of aromatic nitrogens is 2. The van der Waals surface area contributed by atoms with Crippen LogP contribution in [0.1, 0.15) is 36.3 Å². The lowest BCUT2D eigenvalue weighted by Crippen LogP contribution is -2.36. The van der Waals surface area contributed by atoms with Gasteiger partial charge in [-0.3, -0.25) is 4.79 Å². The average Bonchev–Trinajstić information content (AvgIpc) is 3.08. The van der Waals surface area contributed by atoms with Gasteiger partial charge in [0.2, 0.25) is 5.91 Å². The highest BCUT2D eigenvalue weighted by atomic mass is 16.5. The Morgan fingerprint density at radius 3 is 2.77 bits per heavy atom. The fourth-order valence-electron chi connectivity index (χ4n) is 4.00. The van der Waals surface area contributed by atoms with E-state index in [-0.39, 0.29) is 5.91 Å². The molecule has 0 unspecified atom stereocenters. The van der Waals surface area contributed by atoms with Gasteiger partial charge in [-0.1, -0.05) is 0 Å². The second-order valence-corrected chi connectivity index (χ2v) is 6.95. The van der Waals surface area contributed by atoms with Crippen LogP contribution < -0.4 is 14.4 Å². The first-order valence-corrected chi connectivity index (χ1v) is 9.30. The minimum absolute atomic E-state index is 0.0803. The van der Waals surface area contributed by atoms with Crippen LogP contribution in [-0.2, 0) is 30.6 Å². The fraction of sp³-hybridized carbons (Fsp3) is 0.500. The number of hydrogen-bond acceptors (Lipinski definition) is 4. The van der Waals surface area contributed by atoms with Crippen LogP contribution in [0.3, 0.4) is 0 Å². The van der Waals surface area contributed by atoms with Gasteiger partial charge in [-0.05, 0) is 25.7 Å². The summed E-state index contributed by atoms with van der Waals surface area (Å²) in [5.74, 6) is 2.69. The Morgan fingerprint density at radius 1 is 1.12 bits per heavy atom. The topological polar surface area (TPSA) is 56.6 Å². The highest BCUT2D eigenvalue weighted by Crippen LogP contribution is 2.38. The average molecular weight is 355 g/mol. The molecule has 0 N–H and O–H groups in total. The number of anilines is 1. The molecule has 0 bridgehead atoms. The summed E-state index contributed by atoms with van der Waals surface area (Å²) < 4.78 is 13.1. The van der Waals surface area contributed by atoms with Gasteiger partial charge in [-0.15, -0.1) is 0 Å². The molecule has 1 aromatic heterocycles. The summed E-state index contributed by atoms with van der Waals surface area (Å²) in [5, 5.41) is 0. The van der Waals surface area contributed by atoms with Crippen LogP contribution in [0.5, 0.6) is 11.5 Å². The Bertz CT molecular complexity index is 804. The number of carbonyl (C=O) groups excluding carboxylic acids is 1. The third kappa shape index (κ3) is 3.04. The largest absolute Gasteiger partial charge is 0.497 e. The molecular weight excluding hydrogens is 330 g/mol. The van der Waals surface area contributed by atoms with Gasteiger partial charge < -0.3 is 18.9 Å². The van der Waals surface area contributed by atoms with Crippen molar-refractivity contribution in [3.05, 3.63) is 35.4 Å². The second kappa shape index (κ2) is 7.02. The van der Waals surface area contributed by atoms with E-state index in [1.165, 1.54) is 12.8 Å². The molecule has 6 heteroatoms. The summed E-state index contributed by atoms with van der Waals surface area (Å²) in [4.78, 5) is 19.6. The summed E-state index contributed by atoms with van der Waals surface area (Å²) in [6, 6.07) is 3.82. The molecule has 2 aromatic rings. The molecule has 3 heterocycles. The first-order chi connectivity index (χ1) is 12.7. The number of imidazole rings is 1. The van der Waals surface area contributed by atoms with E-state index in [9.17, 15) is 4.79 Å². The van der Waals surface area contributed by atoms with E-state index >= 15 is 0 Å². The van der Waals surface area contributed by atoms with Gasteiger partial charge in [0.15, 0.2) is 0 Å². The molecule has 1 aromatic carbocycles. The number of aryl methyl sites for hydroxylation is 2. The van der Waals surface area contributed by atoms with Crippen molar-refractivity contribution in [3.63, 3.8) is 0 Å². The maximum atomic E-state index is 13.0. The highest BCUT2D eigenvalue weighted by molar-refractivity contribution is 5.96. The Kier molecular flexibility index (Phi) is 4.57. The number of amides is 1. The molecule has 1 amide bonds. The van der Waals surface area contributed by atoms with Crippen LogP contribution in [0, 0.1) is 0 Å². The third-order valence-corrected chi connectivity index (χ3v) is 5.31. The zero-order valence-corrected chi connectivity index (χ0v) is 15.5. The number of nitrogens with zero attached hydrogens (tertiary/aromatic N) is 3. The van der Waals surface area contributed by atoms with Gasteiger partial charge in [0.05, 0.1) is 32.0 Å². The van der Waals surface area contributed by atoms with Gasteiger partial charge >= 0.3 is 0 Å². The van der Waals surface area contributed by atoms with Gasteiger partial charge in [0.25, 0.3) is 0 Å². The Labute approximate surface area is 153 Å². The monoisotopic (exact) mass is 355 g/mol. The fourth-order valence-corrected chi connectivity index (χ4v) is 4.00. The molecular formula is C20H25N3O3. The predicted octanol–water partition coefficient (Wildman–Crippen LogP) is 2.76. The molecule has 0 saturated carbocycles. The zero-order chi connectivity index (χ0) is 18.1. The first kappa shape index (κ1) is 16.9. The number of carbonyl (C=O) groups is 1. The second-order valence-electron chi connectivity index (χ2n) is 6.95. The summed E-state index contributed by atoms with van der Waals surface area (Å²) in [7, 11) is 3.29. The number of ether oxygens (including phenoxy) is 2. The van der Waals surface area contributed by atoms with Crippen molar-refractivity contribution in [2.45, 2.75) is 45.1 Å². The van der Waals surface area contributed by atoms with Crippen LogP contribution in [0.15, 0.2) is 18.3 Å². The Morgan fingerprint density at radius 2 is 2.00 bits per heavy atom. The van der Waals surface area contributed by atoms with Crippen LogP contribution in [-0.4, -0.2) is 36.2 Å². The molecule has 2 aliphatic rings. The lowest BCUT2D eigenvalue weighted by molar-refractivity contribution is -0.118. The van der Waals surface area contributed by atoms with Crippen LogP contribution in [0.25, 0.3) is 0 Å². The van der Waals surface area contributed by atoms with E-state index in [1.54, 1.807) is 14.2 Å². The third-order valence-electron chi connectivity index (χ3n) is 5.31. The SMILES string of the molecule is COc1cc(OC)c2c(c1)N(C(=O)Cc1cn3c(n1)CCCC3)CCC2. The van der Waals surface area contributed by atoms with E-state index in [0.717, 1.165) is 60.9 Å².